The van der Waals surface area contributed by atoms with Crippen LogP contribution in [0, 0.1) is 5.92 Å². The van der Waals surface area contributed by atoms with Crippen LogP contribution in [0.1, 0.15) is 84.4 Å². The van der Waals surface area contributed by atoms with Crippen LogP contribution in [0.15, 0.2) is 79.4 Å². The van der Waals surface area contributed by atoms with E-state index in [0.717, 1.165) is 65.4 Å². The summed E-state index contributed by atoms with van der Waals surface area (Å²) in [5, 5.41) is 5.63. The lowest BCUT2D eigenvalue weighted by Gasteiger charge is -2.24. The van der Waals surface area contributed by atoms with Crippen LogP contribution in [0.4, 0.5) is 10.7 Å². The van der Waals surface area contributed by atoms with Gasteiger partial charge in [-0.3, -0.25) is 4.79 Å². The first-order valence-corrected chi connectivity index (χ1v) is 19.0. The van der Waals surface area contributed by atoms with Crippen LogP contribution in [-0.4, -0.2) is 80.8 Å². The molecule has 2 aromatic carbocycles. The third-order valence-electron chi connectivity index (χ3n) is 8.09. The van der Waals surface area contributed by atoms with Crippen molar-refractivity contribution in [3.8, 4) is 33.6 Å². The minimum atomic E-state index is -0.495. The maximum atomic E-state index is 12.7. The summed E-state index contributed by atoms with van der Waals surface area (Å²) < 4.78 is 4.59. The molecule has 1 aliphatic heterocycles. The molecule has 0 bridgehead atoms. The van der Waals surface area contributed by atoms with Gasteiger partial charge in [-0.2, -0.15) is 0 Å². The number of hydrogen-bond donors (Lipinski definition) is 5. The highest BCUT2D eigenvalue weighted by atomic mass is 16.5. The van der Waals surface area contributed by atoms with E-state index in [0.29, 0.717) is 24.1 Å². The number of carbonyl (C=O) groups is 3. The summed E-state index contributed by atoms with van der Waals surface area (Å²) in [6.07, 6.45) is 11.3. The topological polar surface area (TPSA) is 197 Å². The van der Waals surface area contributed by atoms with Gasteiger partial charge in [0.25, 0.3) is 0 Å². The van der Waals surface area contributed by atoms with Crippen molar-refractivity contribution in [2.24, 2.45) is 5.92 Å². The zero-order valence-electron chi connectivity index (χ0n) is 34.0. The number of rotatable bonds is 10. The molecule has 1 unspecified atom stereocenters. The lowest BCUT2D eigenvalue weighted by Crippen LogP contribution is -2.31. The normalized spacial score (nSPS) is 12.7. The summed E-state index contributed by atoms with van der Waals surface area (Å²) in [7, 11) is 3.29. The Labute approximate surface area is 331 Å². The fourth-order valence-electron chi connectivity index (χ4n) is 5.54. The lowest BCUT2D eigenvalue weighted by atomic mass is 10.0. The number of hydrogen-bond acceptors (Lipinski definition) is 10. The third-order valence-corrected chi connectivity index (χ3v) is 8.09. The van der Waals surface area contributed by atoms with E-state index in [1.54, 1.807) is 24.7 Å². The van der Waals surface area contributed by atoms with E-state index in [-0.39, 0.29) is 18.5 Å². The molecule has 1 atom stereocenters. The summed E-state index contributed by atoms with van der Waals surface area (Å²) in [6, 6.07) is 18.4. The first-order valence-electron chi connectivity index (χ1n) is 19.0. The van der Waals surface area contributed by atoms with Crippen molar-refractivity contribution in [2.45, 2.75) is 79.3 Å². The first-order chi connectivity index (χ1) is 27.1. The zero-order chi connectivity index (χ0) is 41.3. The Bertz CT molecular complexity index is 1810. The molecule has 0 saturated carbocycles. The number of aromatic nitrogens is 6. The van der Waals surface area contributed by atoms with Gasteiger partial charge in [0.2, 0.25) is 11.9 Å². The van der Waals surface area contributed by atoms with E-state index >= 15 is 0 Å². The molecule has 1 saturated heterocycles. The Morgan fingerprint density at radius 1 is 0.893 bits per heavy atom. The lowest BCUT2D eigenvalue weighted by molar-refractivity contribution is -0.133. The Hall–Kier alpha value is -5.89. The maximum absolute atomic E-state index is 12.7. The van der Waals surface area contributed by atoms with Gasteiger partial charge in [0.15, 0.2) is 0 Å². The molecule has 6 N–H and O–H groups in total. The van der Waals surface area contributed by atoms with Crippen LogP contribution in [0.5, 0.6) is 0 Å². The van der Waals surface area contributed by atoms with Crippen LogP contribution in [-0.2, 0) is 20.9 Å². The van der Waals surface area contributed by atoms with Crippen LogP contribution in [0.2, 0.25) is 0 Å². The number of nitrogens with two attached hydrogens (primary N) is 1. The van der Waals surface area contributed by atoms with Crippen molar-refractivity contribution in [2.75, 3.05) is 33.0 Å². The van der Waals surface area contributed by atoms with Crippen molar-refractivity contribution in [3.05, 3.63) is 91.0 Å². The average Bonchev–Trinajstić information content (AvgIpc) is 4.01. The van der Waals surface area contributed by atoms with Gasteiger partial charge in [-0.05, 0) is 67.1 Å². The van der Waals surface area contributed by atoms with Gasteiger partial charge in [-0.1, -0.05) is 89.6 Å². The Balaban J connectivity index is 0.000000533. The predicted octanol–water partition coefficient (Wildman–Crippen LogP) is 7.61. The van der Waals surface area contributed by atoms with Crippen molar-refractivity contribution < 1.29 is 19.1 Å². The Kier molecular flexibility index (Phi) is 21.5. The van der Waals surface area contributed by atoms with Gasteiger partial charge in [0.1, 0.15) is 18.4 Å². The summed E-state index contributed by atoms with van der Waals surface area (Å²) in [5.74, 6) is 2.40. The van der Waals surface area contributed by atoms with Gasteiger partial charge in [-0.15, -0.1) is 0 Å². The van der Waals surface area contributed by atoms with E-state index in [9.17, 15) is 9.59 Å². The molecule has 0 radical (unpaired) electrons. The number of amides is 2. The van der Waals surface area contributed by atoms with E-state index in [2.05, 4.69) is 116 Å². The number of aromatic amines is 2. The second kappa shape index (κ2) is 26.0. The molecule has 302 valence electrons. The Morgan fingerprint density at radius 2 is 1.43 bits per heavy atom. The molecule has 1 fully saturated rings. The second-order valence-electron chi connectivity index (χ2n) is 13.2. The summed E-state index contributed by atoms with van der Waals surface area (Å²) in [4.78, 5) is 56.9. The van der Waals surface area contributed by atoms with E-state index in [1.807, 2.05) is 37.1 Å². The molecule has 6 rings (SSSR count). The van der Waals surface area contributed by atoms with Crippen molar-refractivity contribution in [1.82, 2.24) is 45.4 Å². The van der Waals surface area contributed by atoms with Crippen molar-refractivity contribution in [1.29, 1.82) is 0 Å². The number of likely N-dealkylation sites (tertiary alicyclic amines) is 1. The molecule has 2 amide bonds. The summed E-state index contributed by atoms with van der Waals surface area (Å²) in [6.45, 7) is 14.8. The molecule has 56 heavy (non-hydrogen) atoms. The van der Waals surface area contributed by atoms with Gasteiger partial charge < -0.3 is 40.8 Å². The monoisotopic (exact) mass is 768 g/mol. The molecular weight excluding hydrogens is 709 g/mol. The number of carbonyl (C=O) groups excluding carboxylic acids is 3. The predicted molar refractivity (Wildman–Crippen MR) is 223 cm³/mol. The van der Waals surface area contributed by atoms with E-state index < -0.39 is 6.09 Å². The highest BCUT2D eigenvalue weighted by Gasteiger charge is 2.32. The largest absolute Gasteiger partial charge is 0.453 e. The molecular formula is C42H60N10O4. The number of alkyl carbamates (subject to hydrolysis) is 1. The highest BCUT2D eigenvalue weighted by molar-refractivity contribution is 5.77. The molecule has 0 spiro atoms. The van der Waals surface area contributed by atoms with E-state index in [1.165, 1.54) is 20.0 Å². The molecule has 14 nitrogen and oxygen atoms in total. The van der Waals surface area contributed by atoms with E-state index in [4.69, 9.17) is 10.5 Å². The summed E-state index contributed by atoms with van der Waals surface area (Å²) in [5.41, 5.74) is 11.2. The van der Waals surface area contributed by atoms with Gasteiger partial charge in [0.05, 0.1) is 43.5 Å². The number of H-pyrrole nitrogens is 2. The second-order valence-corrected chi connectivity index (χ2v) is 13.2. The Morgan fingerprint density at radius 3 is 1.89 bits per heavy atom. The molecule has 4 heterocycles. The number of nitrogens with zero attached hydrogens (tertiary/aromatic N) is 5. The number of nitrogens with one attached hydrogen (secondary N) is 4. The molecule has 1 aliphatic rings. The van der Waals surface area contributed by atoms with Crippen molar-refractivity contribution in [3.63, 3.8) is 0 Å². The fourth-order valence-corrected chi connectivity index (χ4v) is 5.54. The average molecular weight is 769 g/mol. The number of ether oxygens (including phenoxy) is 1. The minimum Gasteiger partial charge on any atom is -0.453 e. The first kappa shape index (κ1) is 46.3. The zero-order valence-corrected chi connectivity index (χ0v) is 34.0. The number of imidazole rings is 2. The third kappa shape index (κ3) is 15.5. The summed E-state index contributed by atoms with van der Waals surface area (Å²) >= 11 is 0. The van der Waals surface area contributed by atoms with Gasteiger partial charge >= 0.3 is 6.09 Å². The number of nitrogen functional groups attached to an aromatic ring is 1. The maximum Gasteiger partial charge on any atom is 0.407 e. The quantitative estimate of drug-likeness (QED) is 0.0943. The highest BCUT2D eigenvalue weighted by Crippen LogP contribution is 2.33. The number of benzene rings is 2. The van der Waals surface area contributed by atoms with Crippen LogP contribution in [0.25, 0.3) is 33.6 Å². The molecule has 5 aromatic rings. The number of methoxy groups -OCH3 is 1. The van der Waals surface area contributed by atoms with Crippen LogP contribution >= 0.6 is 0 Å². The molecule has 0 aliphatic carbocycles. The standard InChI is InChI=1S/C30H34N6O3.C4H5N3.C4H11N.C3H8.CH2O/c1-19(2)15-28(37)36-14-4-5-26(36)29-32-17-25(35-29)23-12-8-21(9-13-23)20-6-10-22(11-7-20)24-16-31-27(34-24)18-33-30(38)39-3;5-4-6-2-1-3-7-4;1-3-4-5-2;1-3-2;1-2/h6-13,16-17,19,26H,4-5,14-15,18H2,1-3H3,(H,31,34)(H,32,35)(H,33,38);1-3H,(H2,5,6,7);5H,3-4H2,1-2H3;3H2,1-2H3;1H2. The van der Waals surface area contributed by atoms with Crippen LogP contribution in [0.3, 0.4) is 0 Å². The van der Waals surface area contributed by atoms with Crippen molar-refractivity contribution >= 4 is 24.7 Å². The SMILES string of the molecule is C=O.CCC.CCCNC.COC(=O)NCc1ncc(-c2ccc(-c3ccc(-c4cnc(C5CCCN5C(=O)CC(C)C)[nH]4)cc3)cc2)[nH]1.Nc1ncccn1. The fraction of sp³-hybridized carbons (Fsp3) is 0.405. The smallest absolute Gasteiger partial charge is 0.407 e. The minimum absolute atomic E-state index is 0.0258. The molecule has 3 aromatic heterocycles. The van der Waals surface area contributed by atoms with Crippen LogP contribution < -0.4 is 16.4 Å². The van der Waals surface area contributed by atoms with Gasteiger partial charge in [-0.25, -0.2) is 24.7 Å². The molecule has 14 heteroatoms. The number of anilines is 1. The van der Waals surface area contributed by atoms with Gasteiger partial charge in [0, 0.05) is 25.4 Å².